The molecule has 8 nitrogen and oxygen atoms in total. The van der Waals surface area contributed by atoms with Gasteiger partial charge in [0.25, 0.3) is 5.95 Å². The van der Waals surface area contributed by atoms with Crippen molar-refractivity contribution in [3.63, 3.8) is 0 Å². The largest absolute Gasteiger partial charge is 0.343 e. The smallest absolute Gasteiger partial charge is 0.257 e. The molecule has 0 bridgehead atoms. The highest BCUT2D eigenvalue weighted by Crippen LogP contribution is 2.12. The first-order valence-electron chi connectivity index (χ1n) is 6.04. The fourth-order valence-electron chi connectivity index (χ4n) is 1.71. The summed E-state index contributed by atoms with van der Waals surface area (Å²) >= 11 is 0. The van der Waals surface area contributed by atoms with Gasteiger partial charge in [0.05, 0.1) is 0 Å². The van der Waals surface area contributed by atoms with Crippen LogP contribution in [0.25, 0.3) is 5.95 Å². The van der Waals surface area contributed by atoms with Gasteiger partial charge in [-0.25, -0.2) is 10.5 Å². The number of hydrogen-bond acceptors (Lipinski definition) is 7. The molecule has 19 heavy (non-hydrogen) atoms. The van der Waals surface area contributed by atoms with Gasteiger partial charge in [-0.1, -0.05) is 13.8 Å². The summed E-state index contributed by atoms with van der Waals surface area (Å²) in [6.45, 7) is 5.11. The Bertz CT molecular complexity index is 521. The number of nitrogens with zero attached hydrogens (tertiary/aromatic N) is 6. The van der Waals surface area contributed by atoms with Crippen molar-refractivity contribution in [1.82, 2.24) is 24.7 Å². The summed E-state index contributed by atoms with van der Waals surface area (Å²) in [7, 11) is 1.93. The third kappa shape index (κ3) is 3.16. The molecular weight excluding hydrogens is 244 g/mol. The summed E-state index contributed by atoms with van der Waals surface area (Å²) < 4.78 is 1.56. The van der Waals surface area contributed by atoms with Gasteiger partial charge in [-0.05, 0) is 12.0 Å². The fourth-order valence-corrected chi connectivity index (χ4v) is 1.71. The molecule has 8 heteroatoms. The Morgan fingerprint density at radius 1 is 1.37 bits per heavy atom. The molecule has 2 rings (SSSR count). The van der Waals surface area contributed by atoms with Crippen LogP contribution >= 0.6 is 0 Å². The Morgan fingerprint density at radius 2 is 2.16 bits per heavy atom. The number of aromatic nitrogens is 5. The van der Waals surface area contributed by atoms with Crippen LogP contribution in [0, 0.1) is 5.92 Å². The number of hydrazine groups is 1. The molecule has 0 atom stereocenters. The summed E-state index contributed by atoms with van der Waals surface area (Å²) in [4.78, 5) is 14.8. The molecule has 0 fully saturated rings. The van der Waals surface area contributed by atoms with E-state index in [0.717, 1.165) is 6.54 Å². The van der Waals surface area contributed by atoms with Crippen molar-refractivity contribution in [2.45, 2.75) is 13.8 Å². The zero-order chi connectivity index (χ0) is 13.8. The minimum absolute atomic E-state index is 0.311. The predicted molar refractivity (Wildman–Crippen MR) is 72.9 cm³/mol. The van der Waals surface area contributed by atoms with E-state index in [9.17, 15) is 0 Å². The number of nitrogen functional groups attached to an aromatic ring is 1. The van der Waals surface area contributed by atoms with E-state index in [1.807, 2.05) is 11.9 Å². The van der Waals surface area contributed by atoms with E-state index in [1.54, 1.807) is 23.1 Å². The van der Waals surface area contributed by atoms with Gasteiger partial charge in [-0.2, -0.15) is 20.1 Å². The Kier molecular flexibility index (Phi) is 3.91. The van der Waals surface area contributed by atoms with E-state index in [0.29, 0.717) is 23.8 Å². The van der Waals surface area contributed by atoms with Crippen molar-refractivity contribution >= 4 is 11.9 Å². The first kappa shape index (κ1) is 13.2. The van der Waals surface area contributed by atoms with E-state index in [2.05, 4.69) is 39.3 Å². The van der Waals surface area contributed by atoms with Gasteiger partial charge in [0.1, 0.15) is 0 Å². The van der Waals surface area contributed by atoms with Crippen LogP contribution < -0.4 is 16.2 Å². The topological polar surface area (TPSA) is 97.8 Å². The van der Waals surface area contributed by atoms with Crippen molar-refractivity contribution < 1.29 is 0 Å². The highest BCUT2D eigenvalue weighted by atomic mass is 15.4. The summed E-state index contributed by atoms with van der Waals surface area (Å²) in [5, 5.41) is 4.10. The van der Waals surface area contributed by atoms with Crippen LogP contribution in [0.3, 0.4) is 0 Å². The van der Waals surface area contributed by atoms with Gasteiger partial charge >= 0.3 is 0 Å². The van der Waals surface area contributed by atoms with Gasteiger partial charge < -0.3 is 4.90 Å². The molecular formula is C11H18N8. The molecule has 0 unspecified atom stereocenters. The minimum Gasteiger partial charge on any atom is -0.343 e. The van der Waals surface area contributed by atoms with Gasteiger partial charge in [0, 0.05) is 26.0 Å². The van der Waals surface area contributed by atoms with Crippen LogP contribution in [0.15, 0.2) is 18.5 Å². The summed E-state index contributed by atoms with van der Waals surface area (Å²) in [5.41, 5.74) is 2.45. The van der Waals surface area contributed by atoms with Crippen molar-refractivity contribution in [1.29, 1.82) is 0 Å². The first-order valence-corrected chi connectivity index (χ1v) is 6.04. The molecule has 2 aromatic rings. The molecule has 0 radical (unpaired) electrons. The van der Waals surface area contributed by atoms with Gasteiger partial charge in [-0.3, -0.25) is 5.43 Å². The molecule has 0 saturated carbocycles. The lowest BCUT2D eigenvalue weighted by Gasteiger charge is -2.19. The van der Waals surface area contributed by atoms with Crippen LogP contribution in [0.4, 0.5) is 11.9 Å². The van der Waals surface area contributed by atoms with Crippen LogP contribution in [0.5, 0.6) is 0 Å². The van der Waals surface area contributed by atoms with E-state index >= 15 is 0 Å². The number of nitrogens with one attached hydrogen (secondary N) is 1. The lowest BCUT2D eigenvalue weighted by Crippen LogP contribution is -2.26. The summed E-state index contributed by atoms with van der Waals surface area (Å²) in [6, 6.07) is 1.80. The maximum atomic E-state index is 5.39. The maximum absolute atomic E-state index is 5.39. The Morgan fingerprint density at radius 3 is 2.74 bits per heavy atom. The molecule has 0 aliphatic heterocycles. The van der Waals surface area contributed by atoms with Crippen molar-refractivity contribution in [2.24, 2.45) is 11.8 Å². The van der Waals surface area contributed by atoms with Gasteiger partial charge in [0.2, 0.25) is 11.9 Å². The Labute approximate surface area is 111 Å². The molecule has 2 aromatic heterocycles. The molecule has 0 saturated heterocycles. The van der Waals surface area contributed by atoms with E-state index in [4.69, 9.17) is 5.84 Å². The molecule has 0 aliphatic carbocycles. The van der Waals surface area contributed by atoms with Crippen molar-refractivity contribution in [3.8, 4) is 5.95 Å². The molecule has 0 aliphatic rings. The third-order valence-corrected chi connectivity index (χ3v) is 2.43. The summed E-state index contributed by atoms with van der Waals surface area (Å²) in [5.74, 6) is 7.19. The molecule has 0 amide bonds. The SMILES string of the molecule is CC(C)CN(C)c1nc(NN)nc(-n2cccn2)n1. The third-order valence-electron chi connectivity index (χ3n) is 2.43. The zero-order valence-corrected chi connectivity index (χ0v) is 11.3. The average molecular weight is 262 g/mol. The minimum atomic E-state index is 0.311. The van der Waals surface area contributed by atoms with E-state index in [1.165, 1.54) is 0 Å². The Hall–Kier alpha value is -2.22. The van der Waals surface area contributed by atoms with E-state index < -0.39 is 0 Å². The van der Waals surface area contributed by atoms with Crippen LogP contribution in [0.1, 0.15) is 13.8 Å². The monoisotopic (exact) mass is 262 g/mol. The number of anilines is 2. The zero-order valence-electron chi connectivity index (χ0n) is 11.3. The quantitative estimate of drug-likeness (QED) is 0.595. The molecule has 0 aromatic carbocycles. The van der Waals surface area contributed by atoms with E-state index in [-0.39, 0.29) is 0 Å². The first-order chi connectivity index (χ1) is 9.10. The highest BCUT2D eigenvalue weighted by molar-refractivity contribution is 5.38. The van der Waals surface area contributed by atoms with Crippen molar-refractivity contribution in [3.05, 3.63) is 18.5 Å². The second-order valence-corrected chi connectivity index (χ2v) is 4.63. The number of hydrogen-bond donors (Lipinski definition) is 2. The molecule has 3 N–H and O–H groups in total. The fraction of sp³-hybridized carbons (Fsp3) is 0.455. The van der Waals surface area contributed by atoms with Crippen LogP contribution in [-0.4, -0.2) is 38.3 Å². The molecule has 0 spiro atoms. The second-order valence-electron chi connectivity index (χ2n) is 4.63. The second kappa shape index (κ2) is 5.61. The average Bonchev–Trinajstić information content (AvgIpc) is 2.91. The Balaban J connectivity index is 2.36. The van der Waals surface area contributed by atoms with Crippen LogP contribution in [0.2, 0.25) is 0 Å². The lowest BCUT2D eigenvalue weighted by molar-refractivity contribution is 0.627. The number of rotatable bonds is 5. The van der Waals surface area contributed by atoms with Crippen LogP contribution in [-0.2, 0) is 0 Å². The standard InChI is InChI=1S/C11H18N8/c1-8(2)7-18(3)10-14-9(17-12)15-11(16-10)19-6-4-5-13-19/h4-6,8H,7,12H2,1-3H3,(H,14,15,16,17). The molecule has 102 valence electrons. The van der Waals surface area contributed by atoms with Crippen molar-refractivity contribution in [2.75, 3.05) is 23.9 Å². The highest BCUT2D eigenvalue weighted by Gasteiger charge is 2.12. The lowest BCUT2D eigenvalue weighted by atomic mass is 10.2. The van der Waals surface area contributed by atoms with Gasteiger partial charge in [0.15, 0.2) is 0 Å². The number of nitrogens with two attached hydrogens (primary N) is 1. The van der Waals surface area contributed by atoms with Gasteiger partial charge in [-0.15, -0.1) is 0 Å². The predicted octanol–water partition coefficient (Wildman–Crippen LogP) is 0.435. The normalized spacial score (nSPS) is 10.8. The molecule has 2 heterocycles. The maximum Gasteiger partial charge on any atom is 0.257 e. The summed E-state index contributed by atoms with van der Waals surface area (Å²) in [6.07, 6.45) is 3.43.